The molecule has 1 aliphatic rings. The van der Waals surface area contributed by atoms with Crippen LogP contribution >= 0.6 is 0 Å². The van der Waals surface area contributed by atoms with Gasteiger partial charge < -0.3 is 15.7 Å². The molecule has 2 aromatic rings. The largest absolute Gasteiger partial charge is 0.417 e. The molecule has 30 heavy (non-hydrogen) atoms. The second kappa shape index (κ2) is 8.31. The minimum absolute atomic E-state index is 0.0133. The van der Waals surface area contributed by atoms with E-state index in [9.17, 15) is 28.7 Å². The summed E-state index contributed by atoms with van der Waals surface area (Å²) in [6, 6.07) is 2.78. The molecule has 3 rings (SSSR count). The Morgan fingerprint density at radius 1 is 1.37 bits per heavy atom. The molecule has 0 aliphatic heterocycles. The van der Waals surface area contributed by atoms with Gasteiger partial charge in [-0.05, 0) is 32.6 Å². The molecule has 2 aromatic heterocycles. The lowest BCUT2D eigenvalue weighted by atomic mass is 9.83. The third-order valence-corrected chi connectivity index (χ3v) is 5.08. The van der Waals surface area contributed by atoms with Gasteiger partial charge in [-0.1, -0.05) is 0 Å². The van der Waals surface area contributed by atoms with E-state index >= 15 is 0 Å². The molecule has 8 nitrogen and oxygen atoms in total. The van der Waals surface area contributed by atoms with Crippen LogP contribution in [0.5, 0.6) is 0 Å². The van der Waals surface area contributed by atoms with Crippen molar-refractivity contribution < 1.29 is 28.2 Å². The van der Waals surface area contributed by atoms with E-state index < -0.39 is 17.3 Å². The van der Waals surface area contributed by atoms with E-state index in [4.69, 9.17) is 0 Å². The lowest BCUT2D eigenvalue weighted by molar-refractivity contribution is -0.905. The van der Waals surface area contributed by atoms with Gasteiger partial charge in [0.15, 0.2) is 0 Å². The highest BCUT2D eigenvalue weighted by Crippen LogP contribution is 2.32. The van der Waals surface area contributed by atoms with E-state index in [1.165, 1.54) is 6.20 Å². The summed E-state index contributed by atoms with van der Waals surface area (Å²) >= 11 is 0. The highest BCUT2D eigenvalue weighted by atomic mass is 19.4. The van der Waals surface area contributed by atoms with Gasteiger partial charge in [0.1, 0.15) is 17.5 Å². The standard InChI is InChI=1S/C19H22F3N6O2/c1-18(29)5-2-14(3-6-18)26-16-12(8-23)9-24-17(27-16)25-10-13-11-28(30)7-4-15(13)19(20,21)22/h4,7,9,11,14,29-30H,2-3,5-6,10H2,1H3,(H2,24,25,26,27)/q+1. The number of alkyl halides is 3. The normalized spacial score (nSPS) is 21.7. The topological polar surface area (TPSA) is 118 Å². The Bertz CT molecular complexity index is 948. The average molecular weight is 423 g/mol. The molecule has 1 saturated carbocycles. The maximum atomic E-state index is 13.2. The number of nitrogens with zero attached hydrogens (tertiary/aromatic N) is 4. The third kappa shape index (κ3) is 5.27. The van der Waals surface area contributed by atoms with Crippen molar-refractivity contribution in [1.82, 2.24) is 9.97 Å². The Morgan fingerprint density at radius 3 is 2.70 bits per heavy atom. The first-order valence-corrected chi connectivity index (χ1v) is 9.38. The molecule has 0 aromatic carbocycles. The molecular formula is C19H22F3N6O2+. The molecule has 0 saturated heterocycles. The van der Waals surface area contributed by atoms with E-state index in [0.717, 1.165) is 18.5 Å². The fourth-order valence-corrected chi connectivity index (χ4v) is 3.36. The number of anilines is 2. The van der Waals surface area contributed by atoms with Crippen LogP contribution in [-0.2, 0) is 12.7 Å². The predicted octanol–water partition coefficient (Wildman–Crippen LogP) is 2.61. The summed E-state index contributed by atoms with van der Waals surface area (Å²) in [7, 11) is 0. The van der Waals surface area contributed by atoms with E-state index in [2.05, 4.69) is 20.6 Å². The van der Waals surface area contributed by atoms with Crippen molar-refractivity contribution in [2.75, 3.05) is 10.6 Å². The van der Waals surface area contributed by atoms with Gasteiger partial charge in [0.05, 0.1) is 22.9 Å². The van der Waals surface area contributed by atoms with Gasteiger partial charge in [-0.2, -0.15) is 23.4 Å². The van der Waals surface area contributed by atoms with Gasteiger partial charge in [-0.15, -0.1) is 0 Å². The molecule has 0 atom stereocenters. The second-order valence-corrected chi connectivity index (χ2v) is 7.60. The van der Waals surface area contributed by atoms with Gasteiger partial charge in [-0.25, -0.2) is 4.98 Å². The molecular weight excluding hydrogens is 401 g/mol. The van der Waals surface area contributed by atoms with Gasteiger partial charge in [0, 0.05) is 23.4 Å². The molecule has 0 unspecified atom stereocenters. The van der Waals surface area contributed by atoms with Crippen molar-refractivity contribution in [2.24, 2.45) is 0 Å². The van der Waals surface area contributed by atoms with Crippen molar-refractivity contribution in [2.45, 2.75) is 57.0 Å². The van der Waals surface area contributed by atoms with Crippen molar-refractivity contribution in [3.8, 4) is 6.07 Å². The number of nitriles is 1. The summed E-state index contributed by atoms with van der Waals surface area (Å²) in [6.45, 7) is 1.50. The Balaban J connectivity index is 1.75. The first-order chi connectivity index (χ1) is 14.1. The van der Waals surface area contributed by atoms with Crippen LogP contribution < -0.4 is 15.4 Å². The van der Waals surface area contributed by atoms with Gasteiger partial charge in [-0.3, -0.25) is 5.21 Å². The fraction of sp³-hybridized carbons (Fsp3) is 0.474. The smallest absolute Gasteiger partial charge is 0.390 e. The molecule has 4 N–H and O–H groups in total. The van der Waals surface area contributed by atoms with Crippen molar-refractivity contribution in [3.63, 3.8) is 0 Å². The first-order valence-electron chi connectivity index (χ1n) is 9.38. The number of aliphatic hydroxyl groups is 1. The Morgan fingerprint density at radius 2 is 2.07 bits per heavy atom. The van der Waals surface area contributed by atoms with Crippen LogP contribution in [0.2, 0.25) is 0 Å². The van der Waals surface area contributed by atoms with Crippen LogP contribution in [0, 0.1) is 11.3 Å². The molecule has 160 valence electrons. The molecule has 0 radical (unpaired) electrons. The van der Waals surface area contributed by atoms with Gasteiger partial charge in [0.2, 0.25) is 18.3 Å². The van der Waals surface area contributed by atoms with Crippen LogP contribution in [0.1, 0.15) is 49.3 Å². The summed E-state index contributed by atoms with van der Waals surface area (Å²) in [5.41, 5.74) is -1.57. The zero-order chi connectivity index (χ0) is 21.9. The minimum atomic E-state index is -4.58. The highest BCUT2D eigenvalue weighted by molar-refractivity contribution is 5.54. The lowest BCUT2D eigenvalue weighted by Gasteiger charge is -2.33. The summed E-state index contributed by atoms with van der Waals surface area (Å²) in [5, 5.41) is 34.7. The number of hydrogen-bond acceptors (Lipinski definition) is 7. The molecule has 11 heteroatoms. The number of hydrogen-bond donors (Lipinski definition) is 4. The van der Waals surface area contributed by atoms with Crippen LogP contribution in [0.4, 0.5) is 24.9 Å². The second-order valence-electron chi connectivity index (χ2n) is 7.60. The van der Waals surface area contributed by atoms with Crippen molar-refractivity contribution >= 4 is 11.8 Å². The lowest BCUT2D eigenvalue weighted by Crippen LogP contribution is -2.36. The monoisotopic (exact) mass is 423 g/mol. The minimum Gasteiger partial charge on any atom is -0.390 e. The number of rotatable bonds is 5. The number of halogens is 3. The van der Waals surface area contributed by atoms with E-state index in [1.54, 1.807) is 6.92 Å². The van der Waals surface area contributed by atoms with Crippen LogP contribution in [0.25, 0.3) is 0 Å². The summed E-state index contributed by atoms with van der Waals surface area (Å²) < 4.78 is 40.0. The number of aromatic nitrogens is 3. The van der Waals surface area contributed by atoms with Gasteiger partial charge >= 0.3 is 6.18 Å². The van der Waals surface area contributed by atoms with Crippen molar-refractivity contribution in [1.29, 1.82) is 5.26 Å². The van der Waals surface area contributed by atoms with E-state index in [-0.39, 0.29) is 35.5 Å². The average Bonchev–Trinajstić information content (AvgIpc) is 2.67. The molecule has 0 amide bonds. The molecule has 1 aliphatic carbocycles. The SMILES string of the molecule is CC1(O)CCC(Nc2nc(NCc3c[n+](O)ccc3C(F)(F)F)ncc2C#N)CC1. The zero-order valence-corrected chi connectivity index (χ0v) is 16.2. The van der Waals surface area contributed by atoms with Gasteiger partial charge in [0.25, 0.3) is 0 Å². The predicted molar refractivity (Wildman–Crippen MR) is 99.4 cm³/mol. The summed E-state index contributed by atoms with van der Waals surface area (Å²) in [5.74, 6) is 0.323. The Labute approximate surface area is 171 Å². The fourth-order valence-electron chi connectivity index (χ4n) is 3.36. The molecule has 0 spiro atoms. The third-order valence-electron chi connectivity index (χ3n) is 5.08. The summed E-state index contributed by atoms with van der Waals surface area (Å²) in [4.78, 5) is 8.21. The molecule has 2 heterocycles. The summed E-state index contributed by atoms with van der Waals surface area (Å²) in [6.07, 6.45) is 1.17. The van der Waals surface area contributed by atoms with Crippen LogP contribution in [0.3, 0.4) is 0 Å². The van der Waals surface area contributed by atoms with E-state index in [0.29, 0.717) is 30.4 Å². The molecule has 0 bridgehead atoms. The zero-order valence-electron chi connectivity index (χ0n) is 16.2. The number of pyridine rings is 1. The Kier molecular flexibility index (Phi) is 5.98. The first kappa shape index (κ1) is 21.6. The van der Waals surface area contributed by atoms with Crippen LogP contribution in [-0.4, -0.2) is 31.9 Å². The quantitative estimate of drug-likeness (QED) is 0.431. The van der Waals surface area contributed by atoms with E-state index in [1.807, 2.05) is 6.07 Å². The maximum Gasteiger partial charge on any atom is 0.417 e. The molecule has 1 fully saturated rings. The number of nitrogens with one attached hydrogen (secondary N) is 2. The van der Waals surface area contributed by atoms with Crippen molar-refractivity contribution in [3.05, 3.63) is 41.3 Å². The highest BCUT2D eigenvalue weighted by Gasteiger charge is 2.35. The maximum absolute atomic E-state index is 13.2. The Hall–Kier alpha value is -3.13. The van der Waals surface area contributed by atoms with Crippen LogP contribution in [0.15, 0.2) is 24.7 Å².